The van der Waals surface area contributed by atoms with Crippen molar-refractivity contribution in [3.63, 3.8) is 0 Å². The number of carbonyl (C=O) groups excluding carboxylic acids is 2. The number of aromatic nitrogens is 1. The molecule has 2 rings (SSSR count). The summed E-state index contributed by atoms with van der Waals surface area (Å²) in [6, 6.07) is 10.5. The van der Waals surface area contributed by atoms with E-state index < -0.39 is 0 Å². The molecule has 1 aromatic carbocycles. The summed E-state index contributed by atoms with van der Waals surface area (Å²) >= 11 is 0. The highest BCUT2D eigenvalue weighted by Crippen LogP contribution is 2.20. The fourth-order valence-electron chi connectivity index (χ4n) is 2.48. The minimum atomic E-state index is -0.236. The molecule has 0 aliphatic heterocycles. The molecule has 0 fully saturated rings. The quantitative estimate of drug-likeness (QED) is 0.223. The van der Waals surface area contributed by atoms with E-state index in [1.807, 2.05) is 24.9 Å². The molecule has 2 aromatic rings. The van der Waals surface area contributed by atoms with Crippen LogP contribution < -0.4 is 4.90 Å². The average Bonchev–Trinajstić information content (AvgIpc) is 3.12. The lowest BCUT2D eigenvalue weighted by Gasteiger charge is -2.19. The summed E-state index contributed by atoms with van der Waals surface area (Å²) in [5.74, 6) is 0.427. The number of hydrogen-bond donors (Lipinski definition) is 0. The molecule has 1 heterocycles. The van der Waals surface area contributed by atoms with Crippen molar-refractivity contribution in [1.29, 1.82) is 0 Å². The number of aldehydes is 1. The largest absolute Gasteiger partial charge is 0.465 e. The molecule has 0 unspecified atom stereocenters. The van der Waals surface area contributed by atoms with Gasteiger partial charge in [-0.25, -0.2) is 0 Å². The van der Waals surface area contributed by atoms with Gasteiger partial charge in [0.1, 0.15) is 12.0 Å². The number of benzene rings is 1. The van der Waals surface area contributed by atoms with Gasteiger partial charge in [-0.05, 0) is 35.7 Å². The lowest BCUT2D eigenvalue weighted by Crippen LogP contribution is -2.20. The number of ether oxygens (including phenoxy) is 1. The first-order valence-corrected chi connectivity index (χ1v) is 11.5. The Hall–Kier alpha value is -2.12. The maximum atomic E-state index is 11.6. The van der Waals surface area contributed by atoms with Crippen LogP contribution >= 0.6 is 21.6 Å². The van der Waals surface area contributed by atoms with Crippen molar-refractivity contribution in [2.75, 3.05) is 36.6 Å². The van der Waals surface area contributed by atoms with E-state index in [0.29, 0.717) is 12.4 Å². The Labute approximate surface area is 174 Å². The van der Waals surface area contributed by atoms with Gasteiger partial charge in [0.2, 0.25) is 0 Å². The summed E-state index contributed by atoms with van der Waals surface area (Å²) in [6.45, 7) is 1.21. The van der Waals surface area contributed by atoms with Gasteiger partial charge in [0.15, 0.2) is 0 Å². The van der Waals surface area contributed by atoms with Crippen LogP contribution in [-0.2, 0) is 21.4 Å². The van der Waals surface area contributed by atoms with Crippen molar-refractivity contribution >= 4 is 51.7 Å². The fraction of sp³-hybridized carbons (Fsp3) is 0.333. The monoisotopic (exact) mass is 418 g/mol. The lowest BCUT2D eigenvalue weighted by atomic mass is 10.1. The van der Waals surface area contributed by atoms with Gasteiger partial charge in [0.25, 0.3) is 0 Å². The highest BCUT2D eigenvalue weighted by molar-refractivity contribution is 8.77. The van der Waals surface area contributed by atoms with Crippen LogP contribution in [0, 0.1) is 0 Å². The van der Waals surface area contributed by atoms with Gasteiger partial charge >= 0.3 is 5.97 Å². The summed E-state index contributed by atoms with van der Waals surface area (Å²) in [6.07, 6.45) is 9.90. The summed E-state index contributed by atoms with van der Waals surface area (Å²) in [7, 11) is 6.75. The molecule has 0 amide bonds. The summed E-state index contributed by atoms with van der Waals surface area (Å²) < 4.78 is 7.23. The molecule has 0 bridgehead atoms. The first-order chi connectivity index (χ1) is 13.6. The number of esters is 1. The molecule has 0 aliphatic carbocycles. The van der Waals surface area contributed by atoms with Crippen molar-refractivity contribution in [2.45, 2.75) is 6.42 Å². The van der Waals surface area contributed by atoms with E-state index >= 15 is 0 Å². The normalized spacial score (nSPS) is 10.9. The second-order valence-corrected chi connectivity index (χ2v) is 8.75. The van der Waals surface area contributed by atoms with Crippen molar-refractivity contribution in [3.05, 3.63) is 53.9 Å². The molecule has 5 nitrogen and oxygen atoms in total. The van der Waals surface area contributed by atoms with E-state index in [1.165, 1.54) is 27.2 Å². The zero-order chi connectivity index (χ0) is 20.2. The molecule has 0 aliphatic rings. The van der Waals surface area contributed by atoms with Crippen LogP contribution in [0.25, 0.3) is 12.2 Å². The molecule has 0 saturated carbocycles. The lowest BCUT2D eigenvalue weighted by molar-refractivity contribution is -0.140. The van der Waals surface area contributed by atoms with Gasteiger partial charge in [-0.2, -0.15) is 0 Å². The smallest absolute Gasteiger partial charge is 0.316 e. The third kappa shape index (κ3) is 8.27. The summed E-state index contributed by atoms with van der Waals surface area (Å²) in [5, 5.41) is 0. The van der Waals surface area contributed by atoms with Crippen molar-refractivity contribution in [2.24, 2.45) is 7.05 Å². The number of nitrogens with zero attached hydrogens (tertiary/aromatic N) is 2. The fourth-order valence-corrected chi connectivity index (χ4v) is 3.89. The third-order valence-corrected chi connectivity index (χ3v) is 6.01. The second-order valence-electron chi connectivity index (χ2n) is 6.24. The summed E-state index contributed by atoms with van der Waals surface area (Å²) in [4.78, 5) is 23.9. The Balaban J connectivity index is 1.68. The van der Waals surface area contributed by atoms with Gasteiger partial charge < -0.3 is 19.0 Å². The van der Waals surface area contributed by atoms with Gasteiger partial charge in [-0.3, -0.25) is 4.79 Å². The Morgan fingerprint density at radius 2 is 1.89 bits per heavy atom. The zero-order valence-corrected chi connectivity index (χ0v) is 17.9. The molecule has 0 atom stereocenters. The molecule has 150 valence electrons. The molecule has 0 saturated heterocycles. The predicted octanol–water partition coefficient (Wildman–Crippen LogP) is 4.15. The Morgan fingerprint density at radius 1 is 1.14 bits per heavy atom. The molecule has 28 heavy (non-hydrogen) atoms. The maximum Gasteiger partial charge on any atom is 0.316 e. The minimum Gasteiger partial charge on any atom is -0.465 e. The van der Waals surface area contributed by atoms with E-state index in [4.69, 9.17) is 4.74 Å². The van der Waals surface area contributed by atoms with E-state index in [-0.39, 0.29) is 11.7 Å². The van der Waals surface area contributed by atoms with Crippen LogP contribution in [0.1, 0.15) is 17.5 Å². The topological polar surface area (TPSA) is 51.5 Å². The third-order valence-electron chi connectivity index (χ3n) is 3.95. The molecule has 1 aromatic heterocycles. The van der Waals surface area contributed by atoms with Crippen LogP contribution in [0.3, 0.4) is 0 Å². The minimum absolute atomic E-state index is 0.236. The number of carbonyl (C=O) groups is 2. The van der Waals surface area contributed by atoms with Gasteiger partial charge in [0.05, 0.1) is 12.4 Å². The van der Waals surface area contributed by atoms with Crippen LogP contribution in [0.15, 0.2) is 42.7 Å². The predicted molar refractivity (Wildman–Crippen MR) is 121 cm³/mol. The van der Waals surface area contributed by atoms with Crippen molar-refractivity contribution < 1.29 is 14.3 Å². The number of rotatable bonds is 12. The maximum absolute atomic E-state index is 11.6. The number of hydrogen-bond acceptors (Lipinski definition) is 6. The molecule has 0 radical (unpaired) electrons. The van der Waals surface area contributed by atoms with E-state index in [2.05, 4.69) is 53.6 Å². The second kappa shape index (κ2) is 12.4. The van der Waals surface area contributed by atoms with E-state index in [1.54, 1.807) is 0 Å². The van der Waals surface area contributed by atoms with Crippen LogP contribution in [0.5, 0.6) is 0 Å². The van der Waals surface area contributed by atoms with E-state index in [9.17, 15) is 9.59 Å². The first-order valence-electron chi connectivity index (χ1n) is 9.03. The van der Waals surface area contributed by atoms with Crippen LogP contribution in [-0.4, -0.2) is 48.5 Å². The molecular weight excluding hydrogens is 392 g/mol. The SMILES string of the molecule is CN(CCCOC(=O)CSSCC=O)c1ccc(/C=C/c2ccn(C)c2)cc1. The van der Waals surface area contributed by atoms with Gasteiger partial charge in [-0.15, -0.1) is 0 Å². The zero-order valence-electron chi connectivity index (χ0n) is 16.2. The molecule has 0 spiro atoms. The van der Waals surface area contributed by atoms with Gasteiger partial charge in [0, 0.05) is 38.7 Å². The number of aryl methyl sites for hydroxylation is 1. The average molecular weight is 419 g/mol. The van der Waals surface area contributed by atoms with Crippen molar-refractivity contribution in [1.82, 2.24) is 4.57 Å². The first kappa shape index (κ1) is 22.2. The van der Waals surface area contributed by atoms with Crippen LogP contribution in [0.4, 0.5) is 5.69 Å². The molecular formula is C21H26N2O3S2. The van der Waals surface area contributed by atoms with E-state index in [0.717, 1.165) is 30.5 Å². The molecule has 0 N–H and O–H groups in total. The Morgan fingerprint density at radius 3 is 2.57 bits per heavy atom. The van der Waals surface area contributed by atoms with Crippen LogP contribution in [0.2, 0.25) is 0 Å². The highest BCUT2D eigenvalue weighted by Gasteiger charge is 2.05. The standard InChI is InChI=1S/C21H26N2O3S2/c1-22-12-10-19(16-22)5-4-18-6-8-20(9-7-18)23(2)11-3-14-26-21(25)17-28-27-15-13-24/h4-10,12-13,16H,3,11,14-15,17H2,1-2H3/b5-4+. The van der Waals surface area contributed by atoms with Gasteiger partial charge in [-0.1, -0.05) is 45.9 Å². The van der Waals surface area contributed by atoms with Crippen molar-refractivity contribution in [3.8, 4) is 0 Å². The number of anilines is 1. The Bertz CT molecular complexity index is 772. The highest BCUT2D eigenvalue weighted by atomic mass is 33.1. The molecule has 7 heteroatoms. The summed E-state index contributed by atoms with van der Waals surface area (Å²) in [5.41, 5.74) is 3.46. The Kier molecular flexibility index (Phi) is 9.79.